The normalized spacial score (nSPS) is 13.6. The second-order valence-electron chi connectivity index (χ2n) is 11.3. The molecular weight excluding hydrogens is 593 g/mol. The van der Waals surface area contributed by atoms with Crippen LogP contribution in [-0.2, 0) is 16.1 Å². The van der Waals surface area contributed by atoms with Gasteiger partial charge < -0.3 is 23.9 Å². The van der Waals surface area contributed by atoms with Gasteiger partial charge in [0.05, 0.1) is 29.1 Å². The van der Waals surface area contributed by atoms with E-state index < -0.39 is 29.6 Å². The van der Waals surface area contributed by atoms with Crippen molar-refractivity contribution in [1.82, 2.24) is 25.0 Å². The predicted octanol–water partition coefficient (Wildman–Crippen LogP) is 6.12. The van der Waals surface area contributed by atoms with E-state index in [1.54, 1.807) is 37.8 Å². The lowest BCUT2D eigenvalue weighted by Gasteiger charge is -2.35. The van der Waals surface area contributed by atoms with Crippen LogP contribution in [0.25, 0.3) is 11.5 Å². The topological polar surface area (TPSA) is 122 Å². The second kappa shape index (κ2) is 15.5. The summed E-state index contributed by atoms with van der Waals surface area (Å²) in [5, 5.41) is 6.87. The summed E-state index contributed by atoms with van der Waals surface area (Å²) in [5.41, 5.74) is 0.441. The summed E-state index contributed by atoms with van der Waals surface area (Å²) >= 11 is 0. The van der Waals surface area contributed by atoms with Crippen molar-refractivity contribution in [3.05, 3.63) is 59.5 Å². The number of hydrogen-bond acceptors (Lipinski definition) is 8. The number of halogens is 3. The van der Waals surface area contributed by atoms with E-state index in [-0.39, 0.29) is 42.2 Å². The van der Waals surface area contributed by atoms with E-state index in [0.29, 0.717) is 43.6 Å². The van der Waals surface area contributed by atoms with Gasteiger partial charge in [-0.3, -0.25) is 14.6 Å². The van der Waals surface area contributed by atoms with Crippen molar-refractivity contribution in [1.29, 1.82) is 0 Å². The fraction of sp³-hybridized carbons (Fsp3) is 0.484. The Hall–Kier alpha value is -4.49. The average molecular weight is 633 g/mol. The SMILES string of the molecule is CC.CN(Cc1ccc(-c2nnc(C(F)F)o2)cn1)C(=O)c1cc(F)ccc1N(C=O)CC1CCN(C(=O)OC(C)(C)C)CC1. The minimum absolute atomic E-state index is 0.00259. The van der Waals surface area contributed by atoms with Crippen molar-refractivity contribution in [2.45, 2.75) is 66.0 Å². The molecule has 45 heavy (non-hydrogen) atoms. The average Bonchev–Trinajstić information content (AvgIpc) is 3.51. The van der Waals surface area contributed by atoms with E-state index in [4.69, 9.17) is 9.15 Å². The number of hydrogen-bond donors (Lipinski definition) is 0. The first-order valence-corrected chi connectivity index (χ1v) is 14.7. The van der Waals surface area contributed by atoms with Gasteiger partial charge in [0.2, 0.25) is 12.3 Å². The molecule has 1 aromatic carbocycles. The van der Waals surface area contributed by atoms with E-state index in [1.807, 2.05) is 13.8 Å². The van der Waals surface area contributed by atoms with Crippen molar-refractivity contribution in [3.8, 4) is 11.5 Å². The standard InChI is InChI=1S/C29H33F3N6O5.C2H6/c1-29(2,3)43-28(41)37-11-9-18(10-12-37)15-38(17-39)23-8-6-20(30)13-22(23)27(40)36(4)16-21-7-5-19(14-33-21)25-34-35-26(42-25)24(31)32;1-2/h5-8,13-14,17-18,24H,9-12,15-16H2,1-4H3;1-2H3. The highest BCUT2D eigenvalue weighted by molar-refractivity contribution is 6.01. The van der Waals surface area contributed by atoms with Crippen LogP contribution in [0.2, 0.25) is 0 Å². The number of carbonyl (C=O) groups is 3. The van der Waals surface area contributed by atoms with Crippen LogP contribution in [0.1, 0.15) is 75.8 Å². The number of piperidine rings is 1. The zero-order valence-electron chi connectivity index (χ0n) is 26.3. The number of rotatable bonds is 9. The number of alkyl halides is 2. The summed E-state index contributed by atoms with van der Waals surface area (Å²) in [6.07, 6.45) is -0.0560. The van der Waals surface area contributed by atoms with Crippen LogP contribution in [0.5, 0.6) is 0 Å². The molecule has 1 aliphatic rings. The number of pyridine rings is 1. The number of carbonyl (C=O) groups excluding carboxylic acids is 3. The van der Waals surface area contributed by atoms with Crippen molar-refractivity contribution < 1.29 is 36.7 Å². The lowest BCUT2D eigenvalue weighted by atomic mass is 9.96. The van der Waals surface area contributed by atoms with Crippen LogP contribution in [-0.4, -0.2) is 75.7 Å². The maximum atomic E-state index is 14.3. The van der Waals surface area contributed by atoms with Gasteiger partial charge in [0.25, 0.3) is 11.8 Å². The first-order chi connectivity index (χ1) is 21.3. The third-order valence-electron chi connectivity index (χ3n) is 6.79. The van der Waals surface area contributed by atoms with Crippen molar-refractivity contribution in [2.75, 3.05) is 31.6 Å². The lowest BCUT2D eigenvalue weighted by Crippen LogP contribution is -2.43. The lowest BCUT2D eigenvalue weighted by molar-refractivity contribution is -0.107. The molecule has 1 saturated heterocycles. The van der Waals surface area contributed by atoms with Gasteiger partial charge in [0.15, 0.2) is 0 Å². The molecule has 0 spiro atoms. The molecule has 0 aliphatic carbocycles. The van der Waals surface area contributed by atoms with E-state index in [1.165, 1.54) is 35.2 Å². The number of ether oxygens (including phenoxy) is 1. The Bertz CT molecular complexity index is 1440. The maximum absolute atomic E-state index is 14.3. The molecule has 14 heteroatoms. The minimum Gasteiger partial charge on any atom is -0.444 e. The smallest absolute Gasteiger partial charge is 0.410 e. The fourth-order valence-corrected chi connectivity index (χ4v) is 4.64. The molecule has 0 unspecified atom stereocenters. The molecule has 244 valence electrons. The summed E-state index contributed by atoms with van der Waals surface area (Å²) in [6.45, 7) is 10.7. The van der Waals surface area contributed by atoms with E-state index in [2.05, 4.69) is 15.2 Å². The zero-order valence-corrected chi connectivity index (χ0v) is 26.3. The van der Waals surface area contributed by atoms with Gasteiger partial charge in [0.1, 0.15) is 11.4 Å². The van der Waals surface area contributed by atoms with Crippen LogP contribution in [0.3, 0.4) is 0 Å². The van der Waals surface area contributed by atoms with E-state index in [9.17, 15) is 27.6 Å². The van der Waals surface area contributed by atoms with Gasteiger partial charge in [-0.25, -0.2) is 9.18 Å². The van der Waals surface area contributed by atoms with Gasteiger partial charge in [-0.05, 0) is 69.9 Å². The molecule has 1 fully saturated rings. The van der Waals surface area contributed by atoms with Crippen molar-refractivity contribution >= 4 is 24.1 Å². The maximum Gasteiger partial charge on any atom is 0.410 e. The Balaban J connectivity index is 0.00000271. The molecule has 3 aromatic rings. The molecule has 0 N–H and O–H groups in total. The number of benzene rings is 1. The highest BCUT2D eigenvalue weighted by atomic mass is 19.3. The largest absolute Gasteiger partial charge is 0.444 e. The van der Waals surface area contributed by atoms with Crippen molar-refractivity contribution in [3.63, 3.8) is 0 Å². The third kappa shape index (κ3) is 9.50. The van der Waals surface area contributed by atoms with Crippen LogP contribution >= 0.6 is 0 Å². The predicted molar refractivity (Wildman–Crippen MR) is 160 cm³/mol. The molecule has 1 aliphatic heterocycles. The van der Waals surface area contributed by atoms with Gasteiger partial charge in [-0.1, -0.05) is 13.8 Å². The Kier molecular flexibility index (Phi) is 12.0. The molecule has 3 heterocycles. The molecule has 2 aromatic heterocycles. The molecule has 0 saturated carbocycles. The molecule has 0 atom stereocenters. The monoisotopic (exact) mass is 632 g/mol. The van der Waals surface area contributed by atoms with Crippen LogP contribution in [0, 0.1) is 11.7 Å². The molecule has 11 nitrogen and oxygen atoms in total. The Morgan fingerprint density at radius 3 is 2.38 bits per heavy atom. The highest BCUT2D eigenvalue weighted by Gasteiger charge is 2.29. The van der Waals surface area contributed by atoms with Crippen LogP contribution < -0.4 is 4.90 Å². The number of nitrogens with zero attached hydrogens (tertiary/aromatic N) is 6. The van der Waals surface area contributed by atoms with Gasteiger partial charge >= 0.3 is 12.5 Å². The Labute approximate surface area is 260 Å². The van der Waals surface area contributed by atoms with Gasteiger partial charge in [-0.2, -0.15) is 8.78 Å². The molecular formula is C31H39F3N6O5. The van der Waals surface area contributed by atoms with Crippen LogP contribution in [0.15, 0.2) is 40.9 Å². The summed E-state index contributed by atoms with van der Waals surface area (Å²) in [7, 11) is 1.51. The molecule has 3 amide bonds. The number of amides is 3. The van der Waals surface area contributed by atoms with E-state index in [0.717, 1.165) is 6.07 Å². The summed E-state index contributed by atoms with van der Waals surface area (Å²) < 4.78 is 50.1. The van der Waals surface area contributed by atoms with E-state index >= 15 is 0 Å². The van der Waals surface area contributed by atoms with Gasteiger partial charge in [-0.15, -0.1) is 10.2 Å². The number of anilines is 1. The molecule has 0 bridgehead atoms. The second-order valence-corrected chi connectivity index (χ2v) is 11.3. The zero-order chi connectivity index (χ0) is 33.3. The Morgan fingerprint density at radius 2 is 1.82 bits per heavy atom. The Morgan fingerprint density at radius 1 is 1.13 bits per heavy atom. The summed E-state index contributed by atoms with van der Waals surface area (Å²) in [4.78, 5) is 46.6. The third-order valence-corrected chi connectivity index (χ3v) is 6.79. The number of aromatic nitrogens is 3. The molecule has 0 radical (unpaired) electrons. The summed E-state index contributed by atoms with van der Waals surface area (Å²) in [6, 6.07) is 6.78. The highest BCUT2D eigenvalue weighted by Crippen LogP contribution is 2.28. The first-order valence-electron chi connectivity index (χ1n) is 14.7. The summed E-state index contributed by atoms with van der Waals surface area (Å²) in [5.74, 6) is -2.04. The fourth-order valence-electron chi connectivity index (χ4n) is 4.64. The molecule has 4 rings (SSSR count). The number of likely N-dealkylation sites (tertiary alicyclic amines) is 1. The van der Waals surface area contributed by atoms with Crippen molar-refractivity contribution in [2.24, 2.45) is 5.92 Å². The quantitative estimate of drug-likeness (QED) is 0.259. The first kappa shape index (κ1) is 35.0. The minimum atomic E-state index is -2.90. The van der Waals surface area contributed by atoms with Crippen LogP contribution in [0.4, 0.5) is 23.7 Å². The van der Waals surface area contributed by atoms with Gasteiger partial charge in [0, 0.05) is 32.9 Å².